The summed E-state index contributed by atoms with van der Waals surface area (Å²) in [6, 6.07) is 12.3. The van der Waals surface area contributed by atoms with Gasteiger partial charge in [-0.2, -0.15) is 0 Å². The van der Waals surface area contributed by atoms with Crippen molar-refractivity contribution in [2.45, 2.75) is 57.3 Å². The molecule has 2 aromatic carbocycles. The van der Waals surface area contributed by atoms with E-state index in [2.05, 4.69) is 10.6 Å². The van der Waals surface area contributed by atoms with Crippen LogP contribution < -0.4 is 16.4 Å². The molecule has 186 valence electrons. The molecule has 1 aliphatic carbocycles. The Hall–Kier alpha value is -3.46. The Kier molecular flexibility index (Phi) is 7.65. The molecule has 1 atom stereocenters. The lowest BCUT2D eigenvalue weighted by atomic mass is 9.91. The molecule has 2 aliphatic rings. The van der Waals surface area contributed by atoms with E-state index in [9.17, 15) is 18.8 Å². The zero-order valence-electron chi connectivity index (χ0n) is 19.9. The number of nitrogens with one attached hydrogen (secondary N) is 2. The van der Waals surface area contributed by atoms with E-state index in [0.29, 0.717) is 18.7 Å². The quantitative estimate of drug-likeness (QED) is 0.623. The molecule has 2 fully saturated rings. The number of hydrogen-bond donors (Lipinski definition) is 3. The Morgan fingerprint density at radius 2 is 1.66 bits per heavy atom. The normalized spacial score (nSPS) is 22.4. The first kappa shape index (κ1) is 24.7. The number of carbonyl (C=O) groups is 3. The van der Waals surface area contributed by atoms with Gasteiger partial charge >= 0.3 is 6.03 Å². The molecule has 1 unspecified atom stereocenters. The van der Waals surface area contributed by atoms with Crippen LogP contribution >= 0.6 is 0 Å². The van der Waals surface area contributed by atoms with Crippen molar-refractivity contribution in [1.29, 1.82) is 0 Å². The number of aryl methyl sites for hydroxylation is 1. The molecule has 4 rings (SSSR count). The first-order chi connectivity index (χ1) is 16.8. The van der Waals surface area contributed by atoms with Gasteiger partial charge in [0.15, 0.2) is 6.17 Å². The van der Waals surface area contributed by atoms with Gasteiger partial charge in [-0.15, -0.1) is 0 Å². The Bertz CT molecular complexity index is 1070. The lowest BCUT2D eigenvalue weighted by Gasteiger charge is -2.43. The van der Waals surface area contributed by atoms with Gasteiger partial charge in [-0.05, 0) is 69.4 Å². The predicted molar refractivity (Wildman–Crippen MR) is 131 cm³/mol. The molecule has 1 saturated carbocycles. The molecule has 0 spiro atoms. The zero-order chi connectivity index (χ0) is 24.9. The third-order valence-electron chi connectivity index (χ3n) is 6.64. The van der Waals surface area contributed by atoms with E-state index in [1.807, 2.05) is 19.1 Å². The molecule has 0 radical (unpaired) electrons. The lowest BCUT2D eigenvalue weighted by Crippen LogP contribution is -2.65. The van der Waals surface area contributed by atoms with E-state index in [4.69, 9.17) is 5.73 Å². The summed E-state index contributed by atoms with van der Waals surface area (Å²) in [4.78, 5) is 42.9. The summed E-state index contributed by atoms with van der Waals surface area (Å²) in [5, 5.41) is 5.86. The van der Waals surface area contributed by atoms with Gasteiger partial charge in [-0.3, -0.25) is 14.5 Å². The van der Waals surface area contributed by atoms with Gasteiger partial charge in [0, 0.05) is 36.4 Å². The SMILES string of the molecule is Cc1ccc(NC(=O)N2CCCN(C(=O)c3cccc(F)c3)C2C(=O)NC2CCC(N)CC2)cc1. The predicted octanol–water partition coefficient (Wildman–Crippen LogP) is 3.23. The number of halogens is 1. The monoisotopic (exact) mass is 481 g/mol. The third kappa shape index (κ3) is 5.97. The van der Waals surface area contributed by atoms with Gasteiger partial charge in [0.1, 0.15) is 5.82 Å². The van der Waals surface area contributed by atoms with Crippen LogP contribution in [0.1, 0.15) is 48.0 Å². The number of rotatable bonds is 4. The van der Waals surface area contributed by atoms with Crippen LogP contribution in [-0.4, -0.2) is 59.0 Å². The van der Waals surface area contributed by atoms with Crippen molar-refractivity contribution in [2.75, 3.05) is 18.4 Å². The lowest BCUT2D eigenvalue weighted by molar-refractivity contribution is -0.133. The Morgan fingerprint density at radius 1 is 0.971 bits per heavy atom. The van der Waals surface area contributed by atoms with Crippen LogP contribution in [0.15, 0.2) is 48.5 Å². The maximum Gasteiger partial charge on any atom is 0.323 e. The molecule has 35 heavy (non-hydrogen) atoms. The molecule has 1 saturated heterocycles. The molecule has 0 bridgehead atoms. The highest BCUT2D eigenvalue weighted by molar-refractivity contribution is 6.00. The second kappa shape index (κ2) is 10.9. The van der Waals surface area contributed by atoms with E-state index >= 15 is 0 Å². The van der Waals surface area contributed by atoms with Crippen LogP contribution in [0.3, 0.4) is 0 Å². The second-order valence-corrected chi connectivity index (χ2v) is 9.35. The highest BCUT2D eigenvalue weighted by Gasteiger charge is 2.41. The fraction of sp³-hybridized carbons (Fsp3) is 0.423. The van der Waals surface area contributed by atoms with Gasteiger partial charge in [0.25, 0.3) is 11.8 Å². The van der Waals surface area contributed by atoms with Crippen molar-refractivity contribution in [3.8, 4) is 0 Å². The first-order valence-corrected chi connectivity index (χ1v) is 12.1. The topological polar surface area (TPSA) is 108 Å². The number of nitrogens with zero attached hydrogens (tertiary/aromatic N) is 2. The van der Waals surface area contributed by atoms with E-state index in [1.54, 1.807) is 12.1 Å². The summed E-state index contributed by atoms with van der Waals surface area (Å²) < 4.78 is 13.8. The van der Waals surface area contributed by atoms with Crippen molar-refractivity contribution >= 4 is 23.5 Å². The van der Waals surface area contributed by atoms with Gasteiger partial charge in [0.2, 0.25) is 0 Å². The minimum Gasteiger partial charge on any atom is -0.350 e. The maximum atomic E-state index is 13.8. The number of benzene rings is 2. The van der Waals surface area contributed by atoms with Crippen LogP contribution in [0.2, 0.25) is 0 Å². The fourth-order valence-corrected chi connectivity index (χ4v) is 4.69. The fourth-order valence-electron chi connectivity index (χ4n) is 4.69. The van der Waals surface area contributed by atoms with Crippen LogP contribution in [0.5, 0.6) is 0 Å². The average Bonchev–Trinajstić information content (AvgIpc) is 2.86. The van der Waals surface area contributed by atoms with Crippen LogP contribution in [0.4, 0.5) is 14.9 Å². The number of urea groups is 1. The standard InChI is InChI=1S/C26H32FN5O3/c1-17-6-10-22(11-7-17)30-26(35)32-15-3-14-31(25(34)18-4-2-5-19(27)16-18)24(32)23(33)29-21-12-8-20(28)9-13-21/h2,4-7,10-11,16,20-21,24H,3,8-9,12-15,28H2,1H3,(H,29,33)(H,30,35). The van der Waals surface area contributed by atoms with E-state index < -0.39 is 29.8 Å². The van der Waals surface area contributed by atoms with Crippen molar-refractivity contribution in [2.24, 2.45) is 5.73 Å². The Balaban J connectivity index is 1.59. The smallest absolute Gasteiger partial charge is 0.323 e. The molecule has 4 amide bonds. The van der Waals surface area contributed by atoms with Gasteiger partial charge in [0.05, 0.1) is 0 Å². The maximum absolute atomic E-state index is 13.8. The van der Waals surface area contributed by atoms with Gasteiger partial charge in [-0.25, -0.2) is 9.18 Å². The van der Waals surface area contributed by atoms with E-state index in [0.717, 1.165) is 37.3 Å². The number of nitrogens with two attached hydrogens (primary N) is 1. The summed E-state index contributed by atoms with van der Waals surface area (Å²) >= 11 is 0. The first-order valence-electron chi connectivity index (χ1n) is 12.1. The number of hydrogen-bond acceptors (Lipinski definition) is 4. The molecule has 9 heteroatoms. The molecule has 0 aromatic heterocycles. The molecule has 2 aromatic rings. The molecule has 8 nitrogen and oxygen atoms in total. The van der Waals surface area contributed by atoms with Crippen molar-refractivity contribution < 1.29 is 18.8 Å². The van der Waals surface area contributed by atoms with Crippen molar-refractivity contribution in [3.05, 3.63) is 65.5 Å². The van der Waals surface area contributed by atoms with Gasteiger partial charge < -0.3 is 21.3 Å². The summed E-state index contributed by atoms with van der Waals surface area (Å²) in [7, 11) is 0. The Labute approximate surface area is 204 Å². The molecule has 4 N–H and O–H groups in total. The van der Waals surface area contributed by atoms with E-state index in [1.165, 1.54) is 28.0 Å². The van der Waals surface area contributed by atoms with Crippen molar-refractivity contribution in [3.63, 3.8) is 0 Å². The summed E-state index contributed by atoms with van der Waals surface area (Å²) in [6.07, 6.45) is 2.43. The Morgan fingerprint density at radius 3 is 2.34 bits per heavy atom. The number of amides is 4. The summed E-state index contributed by atoms with van der Waals surface area (Å²) in [5.74, 6) is -1.46. The average molecular weight is 482 g/mol. The van der Waals surface area contributed by atoms with Crippen LogP contribution in [0, 0.1) is 12.7 Å². The van der Waals surface area contributed by atoms with Gasteiger partial charge in [-0.1, -0.05) is 23.8 Å². The molecular formula is C26H32FN5O3. The zero-order valence-corrected chi connectivity index (χ0v) is 19.9. The number of anilines is 1. The largest absolute Gasteiger partial charge is 0.350 e. The van der Waals surface area contributed by atoms with E-state index in [-0.39, 0.29) is 24.2 Å². The molecular weight excluding hydrogens is 449 g/mol. The molecule has 1 heterocycles. The third-order valence-corrected chi connectivity index (χ3v) is 6.64. The highest BCUT2D eigenvalue weighted by Crippen LogP contribution is 2.23. The van der Waals surface area contributed by atoms with Crippen LogP contribution in [0.25, 0.3) is 0 Å². The minimum atomic E-state index is -1.15. The van der Waals surface area contributed by atoms with Crippen molar-refractivity contribution in [1.82, 2.24) is 15.1 Å². The molecule has 1 aliphatic heterocycles. The number of carbonyl (C=O) groups excluding carboxylic acids is 3. The summed E-state index contributed by atoms with van der Waals surface area (Å²) in [5.41, 5.74) is 7.77. The minimum absolute atomic E-state index is 0.0719. The second-order valence-electron chi connectivity index (χ2n) is 9.35. The van der Waals surface area contributed by atoms with Crippen LogP contribution in [-0.2, 0) is 4.79 Å². The highest BCUT2D eigenvalue weighted by atomic mass is 19.1. The summed E-state index contributed by atoms with van der Waals surface area (Å²) in [6.45, 7) is 2.53.